The molecule has 0 bridgehead atoms. The maximum absolute atomic E-state index is 12.8. The van der Waals surface area contributed by atoms with Crippen molar-refractivity contribution in [3.63, 3.8) is 0 Å². The van der Waals surface area contributed by atoms with Crippen molar-refractivity contribution in [1.82, 2.24) is 9.80 Å². The number of carbonyl (C=O) groups is 1. The molecular formula is C21H33N3O2. The molecule has 2 aliphatic rings. The first-order chi connectivity index (χ1) is 12.3. The molecule has 2 heterocycles. The maximum atomic E-state index is 12.8. The van der Waals surface area contributed by atoms with Gasteiger partial charge in [0.1, 0.15) is 0 Å². The lowest BCUT2D eigenvalue weighted by molar-refractivity contribution is -0.123. The average molecular weight is 360 g/mol. The lowest BCUT2D eigenvalue weighted by Crippen LogP contribution is -2.58. The fourth-order valence-corrected chi connectivity index (χ4v) is 4.05. The van der Waals surface area contributed by atoms with Gasteiger partial charge < -0.3 is 9.64 Å². The number of amides is 1. The molecule has 0 unspecified atom stereocenters. The number of ether oxygens (including phenoxy) is 1. The molecular weight excluding hydrogens is 326 g/mol. The summed E-state index contributed by atoms with van der Waals surface area (Å²) < 4.78 is 5.45. The van der Waals surface area contributed by atoms with Crippen LogP contribution in [0.25, 0.3) is 0 Å². The van der Waals surface area contributed by atoms with E-state index in [0.717, 1.165) is 51.6 Å². The lowest BCUT2D eigenvalue weighted by Gasteiger charge is -2.44. The average Bonchev–Trinajstić information content (AvgIpc) is 2.59. The number of rotatable bonds is 5. The standard InChI is InChI=1S/C21H33N3O2/c1-17-5-7-19(8-6-17)24-13-18(2)23(14-20(24)25)16-21(3,4)15-22-9-11-26-12-10-22/h5-8,18H,9-16H2,1-4H3/t18-/m1/s1. The van der Waals surface area contributed by atoms with Gasteiger partial charge in [-0.15, -0.1) is 0 Å². The number of aryl methyl sites for hydroxylation is 1. The Labute approximate surface area is 157 Å². The Balaban J connectivity index is 1.59. The van der Waals surface area contributed by atoms with Crippen LogP contribution in [0.1, 0.15) is 26.3 Å². The summed E-state index contributed by atoms with van der Waals surface area (Å²) in [5.74, 6) is 0.203. The van der Waals surface area contributed by atoms with Crippen LogP contribution in [0.4, 0.5) is 5.69 Å². The third-order valence-electron chi connectivity index (χ3n) is 5.44. The zero-order chi connectivity index (χ0) is 18.7. The summed E-state index contributed by atoms with van der Waals surface area (Å²) in [5.41, 5.74) is 2.38. The maximum Gasteiger partial charge on any atom is 0.241 e. The quantitative estimate of drug-likeness (QED) is 0.809. The number of hydrogen-bond acceptors (Lipinski definition) is 4. The minimum absolute atomic E-state index is 0.151. The van der Waals surface area contributed by atoms with E-state index in [0.29, 0.717) is 12.6 Å². The fraction of sp³-hybridized carbons (Fsp3) is 0.667. The molecule has 0 N–H and O–H groups in total. The molecule has 5 heteroatoms. The van der Waals surface area contributed by atoms with Gasteiger partial charge in [0.2, 0.25) is 5.91 Å². The molecule has 0 aromatic heterocycles. The number of nitrogens with zero attached hydrogens (tertiary/aromatic N) is 3. The molecule has 1 amide bonds. The molecule has 0 aliphatic carbocycles. The van der Waals surface area contributed by atoms with Crippen LogP contribution in [0.2, 0.25) is 0 Å². The van der Waals surface area contributed by atoms with E-state index in [2.05, 4.69) is 61.8 Å². The number of morpholine rings is 1. The van der Waals surface area contributed by atoms with Gasteiger partial charge in [0.15, 0.2) is 0 Å². The van der Waals surface area contributed by atoms with E-state index in [1.165, 1.54) is 5.56 Å². The number of benzene rings is 1. The largest absolute Gasteiger partial charge is 0.379 e. The van der Waals surface area contributed by atoms with Crippen LogP contribution in [0, 0.1) is 12.3 Å². The van der Waals surface area contributed by atoms with Gasteiger partial charge in [-0.05, 0) is 31.4 Å². The summed E-state index contributed by atoms with van der Waals surface area (Å²) in [6.45, 7) is 15.9. The Kier molecular flexibility index (Phi) is 6.00. The highest BCUT2D eigenvalue weighted by Gasteiger charge is 2.34. The Hall–Kier alpha value is -1.43. The zero-order valence-electron chi connectivity index (χ0n) is 16.7. The van der Waals surface area contributed by atoms with Gasteiger partial charge in [-0.1, -0.05) is 31.5 Å². The molecule has 144 valence electrons. The van der Waals surface area contributed by atoms with E-state index in [4.69, 9.17) is 4.74 Å². The van der Waals surface area contributed by atoms with Crippen molar-refractivity contribution in [3.05, 3.63) is 29.8 Å². The van der Waals surface area contributed by atoms with Crippen LogP contribution >= 0.6 is 0 Å². The molecule has 0 radical (unpaired) electrons. The van der Waals surface area contributed by atoms with Crippen LogP contribution in [0.15, 0.2) is 24.3 Å². The van der Waals surface area contributed by atoms with Crippen molar-refractivity contribution in [1.29, 1.82) is 0 Å². The number of hydrogen-bond donors (Lipinski definition) is 0. The summed E-state index contributed by atoms with van der Waals surface area (Å²) in [4.78, 5) is 19.5. The molecule has 3 rings (SSSR count). The molecule has 2 saturated heterocycles. The van der Waals surface area contributed by atoms with Crippen LogP contribution in [0.5, 0.6) is 0 Å². The zero-order valence-corrected chi connectivity index (χ0v) is 16.7. The SMILES string of the molecule is Cc1ccc(N2C[C@@H](C)N(CC(C)(C)CN3CCOCC3)CC2=O)cc1. The Morgan fingerprint density at radius 1 is 1.12 bits per heavy atom. The van der Waals surface area contributed by atoms with Crippen LogP contribution in [-0.2, 0) is 9.53 Å². The third-order valence-corrected chi connectivity index (χ3v) is 5.44. The summed E-state index contributed by atoms with van der Waals surface area (Å²) in [5, 5.41) is 0. The predicted octanol–water partition coefficient (Wildman–Crippen LogP) is 2.39. The smallest absolute Gasteiger partial charge is 0.241 e. The Bertz CT molecular complexity index is 608. The Morgan fingerprint density at radius 2 is 1.77 bits per heavy atom. The molecule has 0 saturated carbocycles. The van der Waals surface area contributed by atoms with E-state index >= 15 is 0 Å². The summed E-state index contributed by atoms with van der Waals surface area (Å²) in [6, 6.07) is 8.62. The molecule has 1 aromatic carbocycles. The molecule has 2 fully saturated rings. The Morgan fingerprint density at radius 3 is 2.42 bits per heavy atom. The van der Waals surface area contributed by atoms with Crippen LogP contribution in [-0.4, -0.2) is 74.2 Å². The fourth-order valence-electron chi connectivity index (χ4n) is 4.05. The normalized spacial score (nSPS) is 23.5. The second-order valence-corrected chi connectivity index (χ2v) is 8.65. The van der Waals surface area contributed by atoms with Crippen LogP contribution < -0.4 is 4.90 Å². The van der Waals surface area contributed by atoms with E-state index in [1.807, 2.05) is 4.90 Å². The number of carbonyl (C=O) groups excluding carboxylic acids is 1. The van der Waals surface area contributed by atoms with Gasteiger partial charge in [-0.25, -0.2) is 0 Å². The highest BCUT2D eigenvalue weighted by Crippen LogP contribution is 2.25. The molecule has 26 heavy (non-hydrogen) atoms. The predicted molar refractivity (Wildman–Crippen MR) is 106 cm³/mol. The minimum atomic E-state index is 0.151. The summed E-state index contributed by atoms with van der Waals surface area (Å²) in [7, 11) is 0. The molecule has 5 nitrogen and oxygen atoms in total. The van der Waals surface area contributed by atoms with Gasteiger partial charge in [0, 0.05) is 44.5 Å². The van der Waals surface area contributed by atoms with Crippen molar-refractivity contribution in [2.45, 2.75) is 33.7 Å². The molecule has 1 atom stereocenters. The second kappa shape index (κ2) is 8.07. The van der Waals surface area contributed by atoms with E-state index in [9.17, 15) is 4.79 Å². The summed E-state index contributed by atoms with van der Waals surface area (Å²) >= 11 is 0. The van der Waals surface area contributed by atoms with Gasteiger partial charge in [0.25, 0.3) is 0 Å². The van der Waals surface area contributed by atoms with E-state index in [1.54, 1.807) is 0 Å². The molecule has 2 aliphatic heterocycles. The first kappa shape index (κ1) is 19.3. The van der Waals surface area contributed by atoms with Gasteiger partial charge in [0.05, 0.1) is 19.8 Å². The number of anilines is 1. The van der Waals surface area contributed by atoms with E-state index in [-0.39, 0.29) is 11.3 Å². The van der Waals surface area contributed by atoms with Crippen molar-refractivity contribution in [2.75, 3.05) is 57.4 Å². The van der Waals surface area contributed by atoms with Gasteiger partial charge in [-0.2, -0.15) is 0 Å². The third kappa shape index (κ3) is 4.84. The molecule has 0 spiro atoms. The minimum Gasteiger partial charge on any atom is -0.379 e. The molecule has 1 aromatic rings. The van der Waals surface area contributed by atoms with Crippen molar-refractivity contribution < 1.29 is 9.53 Å². The van der Waals surface area contributed by atoms with E-state index < -0.39 is 0 Å². The number of piperazine rings is 1. The van der Waals surface area contributed by atoms with Gasteiger partial charge >= 0.3 is 0 Å². The van der Waals surface area contributed by atoms with Crippen molar-refractivity contribution in [3.8, 4) is 0 Å². The highest BCUT2D eigenvalue weighted by molar-refractivity contribution is 5.95. The topological polar surface area (TPSA) is 36.0 Å². The monoisotopic (exact) mass is 359 g/mol. The highest BCUT2D eigenvalue weighted by atomic mass is 16.5. The van der Waals surface area contributed by atoms with Crippen molar-refractivity contribution >= 4 is 11.6 Å². The second-order valence-electron chi connectivity index (χ2n) is 8.65. The lowest BCUT2D eigenvalue weighted by atomic mass is 9.90. The summed E-state index contributed by atoms with van der Waals surface area (Å²) in [6.07, 6.45) is 0. The van der Waals surface area contributed by atoms with Gasteiger partial charge in [-0.3, -0.25) is 14.6 Å². The van der Waals surface area contributed by atoms with Crippen molar-refractivity contribution in [2.24, 2.45) is 5.41 Å². The van der Waals surface area contributed by atoms with Crippen LogP contribution in [0.3, 0.4) is 0 Å². The first-order valence-corrected chi connectivity index (χ1v) is 9.75. The first-order valence-electron chi connectivity index (χ1n) is 9.75.